The first-order chi connectivity index (χ1) is 9.15. The molecule has 1 fully saturated rings. The van der Waals surface area contributed by atoms with E-state index in [1.807, 2.05) is 38.1 Å². The Morgan fingerprint density at radius 2 is 1.89 bits per heavy atom. The van der Waals surface area contributed by atoms with Gasteiger partial charge in [0.1, 0.15) is 5.75 Å². The molecule has 1 saturated carbocycles. The van der Waals surface area contributed by atoms with Gasteiger partial charge in [-0.15, -0.1) is 0 Å². The number of hydrogen-bond acceptors (Lipinski definition) is 3. The van der Waals surface area contributed by atoms with Crippen LogP contribution in [0.3, 0.4) is 0 Å². The average Bonchev–Trinajstić information content (AvgIpc) is 2.89. The molecule has 1 aromatic rings. The molecular formula is C16H23NO2. The summed E-state index contributed by atoms with van der Waals surface area (Å²) in [6.45, 7) is 4.42. The molecule has 0 amide bonds. The zero-order valence-corrected chi connectivity index (χ0v) is 11.8. The summed E-state index contributed by atoms with van der Waals surface area (Å²) in [6, 6.07) is 7.95. The van der Waals surface area contributed by atoms with Crippen LogP contribution < -0.4 is 10.1 Å². The molecule has 2 rings (SSSR count). The highest BCUT2D eigenvalue weighted by molar-refractivity contribution is 5.97. The van der Waals surface area contributed by atoms with Crippen LogP contribution >= 0.6 is 0 Å². The van der Waals surface area contributed by atoms with Gasteiger partial charge < -0.3 is 10.1 Å². The van der Waals surface area contributed by atoms with Crippen LogP contribution in [-0.4, -0.2) is 24.5 Å². The van der Waals surface area contributed by atoms with Crippen molar-refractivity contribution in [2.45, 2.75) is 51.7 Å². The number of rotatable bonds is 6. The van der Waals surface area contributed by atoms with Gasteiger partial charge in [0, 0.05) is 11.6 Å². The molecule has 1 N–H and O–H groups in total. The van der Waals surface area contributed by atoms with E-state index in [4.69, 9.17) is 4.74 Å². The zero-order valence-electron chi connectivity index (χ0n) is 11.8. The van der Waals surface area contributed by atoms with Crippen molar-refractivity contribution < 1.29 is 9.53 Å². The molecule has 1 aromatic carbocycles. The molecule has 0 bridgehead atoms. The van der Waals surface area contributed by atoms with Gasteiger partial charge in [0.05, 0.1) is 12.6 Å². The van der Waals surface area contributed by atoms with Crippen molar-refractivity contribution in [2.75, 3.05) is 6.54 Å². The predicted octanol–water partition coefficient (Wildman–Crippen LogP) is 3.19. The van der Waals surface area contributed by atoms with Gasteiger partial charge >= 0.3 is 0 Å². The maximum atomic E-state index is 12.0. The molecular weight excluding hydrogens is 238 g/mol. The lowest BCUT2D eigenvalue weighted by atomic mass is 10.1. The fourth-order valence-electron chi connectivity index (χ4n) is 2.46. The van der Waals surface area contributed by atoms with Crippen LogP contribution in [0.5, 0.6) is 5.75 Å². The summed E-state index contributed by atoms with van der Waals surface area (Å²) < 4.78 is 5.56. The van der Waals surface area contributed by atoms with Gasteiger partial charge in [-0.05, 0) is 51.0 Å². The lowest BCUT2D eigenvalue weighted by molar-refractivity contribution is 0.0987. The Balaban J connectivity index is 1.84. The monoisotopic (exact) mass is 261 g/mol. The molecule has 3 heteroatoms. The number of carbonyl (C=O) groups excluding carboxylic acids is 1. The Hall–Kier alpha value is -1.35. The number of ether oxygens (including phenoxy) is 1. The summed E-state index contributed by atoms with van der Waals surface area (Å²) in [6.07, 6.45) is 5.13. The van der Waals surface area contributed by atoms with Crippen molar-refractivity contribution in [1.82, 2.24) is 5.32 Å². The van der Waals surface area contributed by atoms with E-state index >= 15 is 0 Å². The van der Waals surface area contributed by atoms with Gasteiger partial charge in [-0.3, -0.25) is 4.79 Å². The van der Waals surface area contributed by atoms with Crippen LogP contribution in [-0.2, 0) is 0 Å². The van der Waals surface area contributed by atoms with Crippen molar-refractivity contribution in [2.24, 2.45) is 0 Å². The summed E-state index contributed by atoms with van der Waals surface area (Å²) in [4.78, 5) is 12.0. The third kappa shape index (κ3) is 4.35. The molecule has 0 aromatic heterocycles. The summed E-state index contributed by atoms with van der Waals surface area (Å²) in [5.74, 6) is 0.971. The lowest BCUT2D eigenvalue weighted by Gasteiger charge is -2.12. The third-order valence-electron chi connectivity index (χ3n) is 3.45. The van der Waals surface area contributed by atoms with Crippen molar-refractivity contribution in [3.05, 3.63) is 29.8 Å². The molecule has 0 heterocycles. The van der Waals surface area contributed by atoms with Gasteiger partial charge in [-0.2, -0.15) is 0 Å². The summed E-state index contributed by atoms with van der Waals surface area (Å²) in [5, 5.41) is 3.35. The highest BCUT2D eigenvalue weighted by Gasteiger charge is 2.15. The van der Waals surface area contributed by atoms with E-state index in [1.54, 1.807) is 0 Å². The van der Waals surface area contributed by atoms with Gasteiger partial charge in [0.15, 0.2) is 5.78 Å². The number of carbonyl (C=O) groups is 1. The number of Topliss-reactive ketones (excluding diaryl/α,β-unsaturated/α-hetero) is 1. The average molecular weight is 261 g/mol. The zero-order chi connectivity index (χ0) is 13.7. The molecule has 1 aliphatic rings. The Bertz CT molecular complexity index is 405. The number of benzene rings is 1. The second-order valence-corrected chi connectivity index (χ2v) is 5.48. The molecule has 0 spiro atoms. The van der Waals surface area contributed by atoms with Gasteiger partial charge in [0.2, 0.25) is 0 Å². The SMILES string of the molecule is CC(C)Oc1ccc(C(=O)CNC2CCCC2)cc1. The summed E-state index contributed by atoms with van der Waals surface area (Å²) in [7, 11) is 0. The largest absolute Gasteiger partial charge is 0.491 e. The fraction of sp³-hybridized carbons (Fsp3) is 0.562. The molecule has 104 valence electrons. The van der Waals surface area contributed by atoms with Crippen LogP contribution in [0, 0.1) is 0 Å². The van der Waals surface area contributed by atoms with E-state index in [0.717, 1.165) is 11.3 Å². The first-order valence-electron chi connectivity index (χ1n) is 7.18. The van der Waals surface area contributed by atoms with Crippen molar-refractivity contribution in [3.63, 3.8) is 0 Å². The van der Waals surface area contributed by atoms with Gasteiger partial charge in [-0.25, -0.2) is 0 Å². The molecule has 3 nitrogen and oxygen atoms in total. The van der Waals surface area contributed by atoms with E-state index in [1.165, 1.54) is 25.7 Å². The van der Waals surface area contributed by atoms with Crippen LogP contribution in [0.4, 0.5) is 0 Å². The van der Waals surface area contributed by atoms with Crippen LogP contribution in [0.1, 0.15) is 49.9 Å². The first-order valence-corrected chi connectivity index (χ1v) is 7.18. The van der Waals surface area contributed by atoms with Crippen molar-refractivity contribution in [3.8, 4) is 5.75 Å². The molecule has 0 saturated heterocycles. The Morgan fingerprint density at radius 3 is 2.47 bits per heavy atom. The molecule has 0 aliphatic heterocycles. The topological polar surface area (TPSA) is 38.3 Å². The van der Waals surface area contributed by atoms with E-state index < -0.39 is 0 Å². The smallest absolute Gasteiger partial charge is 0.176 e. The van der Waals surface area contributed by atoms with Gasteiger partial charge in [-0.1, -0.05) is 12.8 Å². The summed E-state index contributed by atoms with van der Waals surface area (Å²) in [5.41, 5.74) is 0.751. The molecule has 19 heavy (non-hydrogen) atoms. The van der Waals surface area contributed by atoms with E-state index in [-0.39, 0.29) is 11.9 Å². The Morgan fingerprint density at radius 1 is 1.26 bits per heavy atom. The molecule has 0 radical (unpaired) electrons. The maximum Gasteiger partial charge on any atom is 0.176 e. The molecule has 1 aliphatic carbocycles. The summed E-state index contributed by atoms with van der Waals surface area (Å²) >= 11 is 0. The Kier molecular flexibility index (Phi) is 4.97. The lowest BCUT2D eigenvalue weighted by Crippen LogP contribution is -2.31. The second-order valence-electron chi connectivity index (χ2n) is 5.48. The Labute approximate surface area is 115 Å². The first kappa shape index (κ1) is 14.1. The van der Waals surface area contributed by atoms with Crippen molar-refractivity contribution >= 4 is 5.78 Å². The van der Waals surface area contributed by atoms with Crippen LogP contribution in [0.15, 0.2) is 24.3 Å². The normalized spacial score (nSPS) is 15.9. The van der Waals surface area contributed by atoms with Gasteiger partial charge in [0.25, 0.3) is 0 Å². The molecule has 0 unspecified atom stereocenters. The quantitative estimate of drug-likeness (QED) is 0.799. The van der Waals surface area contributed by atoms with E-state index in [0.29, 0.717) is 12.6 Å². The minimum absolute atomic E-state index is 0.156. The van der Waals surface area contributed by atoms with Crippen LogP contribution in [0.2, 0.25) is 0 Å². The standard InChI is InChI=1S/C16H23NO2/c1-12(2)19-15-9-7-13(8-10-15)16(18)11-17-14-5-3-4-6-14/h7-10,12,14,17H,3-6,11H2,1-2H3. The van der Waals surface area contributed by atoms with Crippen LogP contribution in [0.25, 0.3) is 0 Å². The maximum absolute atomic E-state index is 12.0. The number of ketones is 1. The van der Waals surface area contributed by atoms with Crippen molar-refractivity contribution in [1.29, 1.82) is 0 Å². The molecule has 0 atom stereocenters. The third-order valence-corrected chi connectivity index (χ3v) is 3.45. The minimum atomic E-state index is 0.156. The number of nitrogens with one attached hydrogen (secondary N) is 1. The van der Waals surface area contributed by atoms with E-state index in [9.17, 15) is 4.79 Å². The minimum Gasteiger partial charge on any atom is -0.491 e. The second kappa shape index (κ2) is 6.71. The highest BCUT2D eigenvalue weighted by Crippen LogP contribution is 2.18. The highest BCUT2D eigenvalue weighted by atomic mass is 16.5. The van der Waals surface area contributed by atoms with E-state index in [2.05, 4.69) is 5.32 Å². The predicted molar refractivity (Wildman–Crippen MR) is 76.8 cm³/mol. The fourth-order valence-corrected chi connectivity index (χ4v) is 2.46. The number of hydrogen-bond donors (Lipinski definition) is 1.